The Morgan fingerprint density at radius 1 is 1.25 bits per heavy atom. The number of nitrogens with one attached hydrogen (secondary N) is 1. The van der Waals surface area contributed by atoms with Crippen molar-refractivity contribution in [3.63, 3.8) is 0 Å². The van der Waals surface area contributed by atoms with Gasteiger partial charge in [0.1, 0.15) is 18.2 Å². The number of nitrogens with zero attached hydrogens (tertiary/aromatic N) is 7. The lowest BCUT2D eigenvalue weighted by Gasteiger charge is -2.36. The molecule has 0 aromatic carbocycles. The minimum atomic E-state index is 0.590. The van der Waals surface area contributed by atoms with Crippen LogP contribution in [0.2, 0.25) is 0 Å². The third-order valence-electron chi connectivity index (χ3n) is 4.69. The van der Waals surface area contributed by atoms with Gasteiger partial charge in [-0.3, -0.25) is 0 Å². The number of rotatable bonds is 7. The molecule has 0 bridgehead atoms. The van der Waals surface area contributed by atoms with Gasteiger partial charge in [0.25, 0.3) is 0 Å². The van der Waals surface area contributed by atoms with Crippen molar-refractivity contribution < 1.29 is 0 Å². The Bertz CT molecular complexity index is 758. The van der Waals surface area contributed by atoms with Crippen LogP contribution in [0.1, 0.15) is 39.3 Å². The second-order valence-corrected chi connectivity index (χ2v) is 8.11. The van der Waals surface area contributed by atoms with Gasteiger partial charge in [-0.15, -0.1) is 0 Å². The molecule has 0 saturated carbocycles. The first-order chi connectivity index (χ1) is 13.6. The van der Waals surface area contributed by atoms with E-state index >= 15 is 0 Å². The fraction of sp³-hybridized carbons (Fsp3) is 0.684. The molecular formula is C19H32N8S. The molecule has 1 N–H and O–H groups in total. The van der Waals surface area contributed by atoms with E-state index in [0.717, 1.165) is 68.4 Å². The monoisotopic (exact) mass is 404 g/mol. The summed E-state index contributed by atoms with van der Waals surface area (Å²) in [5, 5.41) is 4.47. The first kappa shape index (κ1) is 20.6. The van der Waals surface area contributed by atoms with Gasteiger partial charge < -0.3 is 19.7 Å². The molecule has 2 aromatic heterocycles. The highest BCUT2D eigenvalue weighted by Gasteiger charge is 2.22. The maximum atomic E-state index is 4.87. The summed E-state index contributed by atoms with van der Waals surface area (Å²) in [5.74, 6) is 3.51. The van der Waals surface area contributed by atoms with Crippen LogP contribution < -0.4 is 10.2 Å². The van der Waals surface area contributed by atoms with Crippen LogP contribution in [0.4, 0.5) is 5.13 Å². The molecule has 1 aliphatic heterocycles. The number of anilines is 1. The molecule has 8 nitrogen and oxygen atoms in total. The number of guanidine groups is 1. The van der Waals surface area contributed by atoms with Crippen LogP contribution >= 0.6 is 11.5 Å². The van der Waals surface area contributed by atoms with Crippen LogP contribution in [0.25, 0.3) is 0 Å². The van der Waals surface area contributed by atoms with Gasteiger partial charge in [0.2, 0.25) is 5.13 Å². The predicted molar refractivity (Wildman–Crippen MR) is 115 cm³/mol. The van der Waals surface area contributed by atoms with Crippen molar-refractivity contribution >= 4 is 22.6 Å². The molecule has 1 aliphatic rings. The van der Waals surface area contributed by atoms with Gasteiger partial charge in [-0.05, 0) is 12.8 Å². The van der Waals surface area contributed by atoms with E-state index in [9.17, 15) is 0 Å². The number of imidazole rings is 1. The third-order valence-corrected chi connectivity index (χ3v) is 5.51. The highest BCUT2D eigenvalue weighted by Crippen LogP contribution is 2.19. The van der Waals surface area contributed by atoms with E-state index in [2.05, 4.69) is 61.7 Å². The molecule has 0 radical (unpaired) electrons. The second-order valence-electron chi connectivity index (χ2n) is 7.38. The molecule has 3 heterocycles. The van der Waals surface area contributed by atoms with Crippen LogP contribution in [0.15, 0.2) is 17.4 Å². The van der Waals surface area contributed by atoms with Crippen LogP contribution in [0.3, 0.4) is 0 Å². The summed E-state index contributed by atoms with van der Waals surface area (Å²) >= 11 is 1.50. The zero-order valence-corrected chi connectivity index (χ0v) is 18.2. The van der Waals surface area contributed by atoms with Crippen molar-refractivity contribution in [2.24, 2.45) is 10.9 Å². The molecule has 154 valence electrons. The van der Waals surface area contributed by atoms with Gasteiger partial charge in [0.15, 0.2) is 5.96 Å². The zero-order valence-electron chi connectivity index (χ0n) is 17.4. The van der Waals surface area contributed by atoms with Crippen molar-refractivity contribution in [3.05, 3.63) is 24.0 Å². The lowest BCUT2D eigenvalue weighted by Crippen LogP contribution is -2.52. The molecule has 28 heavy (non-hydrogen) atoms. The first-order valence-corrected chi connectivity index (χ1v) is 11.0. The van der Waals surface area contributed by atoms with E-state index in [1.807, 2.05) is 12.4 Å². The lowest BCUT2D eigenvalue weighted by atomic mass is 10.2. The van der Waals surface area contributed by atoms with Crippen molar-refractivity contribution in [2.45, 2.75) is 47.2 Å². The SMILES string of the molecule is CCNC(=NCc1nccn1CC(C)C)N1CCN(c2nc(CC)ns2)CC1. The summed E-state index contributed by atoms with van der Waals surface area (Å²) < 4.78 is 6.61. The summed E-state index contributed by atoms with van der Waals surface area (Å²) in [6, 6.07) is 0. The fourth-order valence-corrected chi connectivity index (χ4v) is 4.05. The zero-order chi connectivity index (χ0) is 19.9. The number of piperazine rings is 1. The van der Waals surface area contributed by atoms with Gasteiger partial charge in [-0.2, -0.15) is 4.37 Å². The van der Waals surface area contributed by atoms with Crippen molar-refractivity contribution in [2.75, 3.05) is 37.6 Å². The Kier molecular flexibility index (Phi) is 7.24. The summed E-state index contributed by atoms with van der Waals surface area (Å²) in [7, 11) is 0. The lowest BCUT2D eigenvalue weighted by molar-refractivity contribution is 0.372. The summed E-state index contributed by atoms with van der Waals surface area (Å²) in [6.07, 6.45) is 4.80. The van der Waals surface area contributed by atoms with Gasteiger partial charge >= 0.3 is 0 Å². The smallest absolute Gasteiger partial charge is 0.205 e. The number of hydrogen-bond donors (Lipinski definition) is 1. The van der Waals surface area contributed by atoms with E-state index < -0.39 is 0 Å². The van der Waals surface area contributed by atoms with Gasteiger partial charge in [0.05, 0.1) is 0 Å². The molecule has 0 unspecified atom stereocenters. The van der Waals surface area contributed by atoms with Crippen LogP contribution in [0.5, 0.6) is 0 Å². The maximum absolute atomic E-state index is 4.87. The standard InChI is InChI=1S/C19H32N8S/c1-5-16-23-19(28-24-16)26-11-9-25(10-12-26)18(20-6-2)22-13-17-21-7-8-27(17)14-15(3)4/h7-8,15H,5-6,9-14H2,1-4H3,(H,20,22). The molecule has 0 amide bonds. The number of aliphatic imine (C=N–C) groups is 1. The van der Waals surface area contributed by atoms with E-state index in [-0.39, 0.29) is 0 Å². The predicted octanol–water partition coefficient (Wildman–Crippen LogP) is 2.24. The summed E-state index contributed by atoms with van der Waals surface area (Å²) in [4.78, 5) is 18.6. The van der Waals surface area contributed by atoms with Crippen LogP contribution in [0, 0.1) is 5.92 Å². The quantitative estimate of drug-likeness (QED) is 0.564. The fourth-order valence-electron chi connectivity index (χ4n) is 3.25. The van der Waals surface area contributed by atoms with Gasteiger partial charge in [-0.25, -0.2) is 15.0 Å². The molecule has 2 aromatic rings. The Labute approximate surface area is 171 Å². The van der Waals surface area contributed by atoms with Crippen LogP contribution in [-0.2, 0) is 19.5 Å². The third kappa shape index (κ3) is 5.21. The topological polar surface area (TPSA) is 74.5 Å². The Hall–Kier alpha value is -2.16. The molecule has 9 heteroatoms. The molecule has 3 rings (SSSR count). The minimum absolute atomic E-state index is 0.590. The number of aryl methyl sites for hydroxylation is 1. The Morgan fingerprint density at radius 2 is 2.04 bits per heavy atom. The molecule has 1 saturated heterocycles. The maximum Gasteiger partial charge on any atom is 0.205 e. The van der Waals surface area contributed by atoms with E-state index in [1.165, 1.54) is 11.5 Å². The van der Waals surface area contributed by atoms with Crippen molar-refractivity contribution in [3.8, 4) is 0 Å². The van der Waals surface area contributed by atoms with Crippen molar-refractivity contribution in [1.82, 2.24) is 29.1 Å². The Morgan fingerprint density at radius 3 is 2.68 bits per heavy atom. The highest BCUT2D eigenvalue weighted by atomic mass is 32.1. The Balaban J connectivity index is 1.61. The molecule has 0 spiro atoms. The molecule has 0 aliphatic carbocycles. The van der Waals surface area contributed by atoms with Crippen LogP contribution in [-0.4, -0.2) is 62.5 Å². The largest absolute Gasteiger partial charge is 0.357 e. The molecule has 1 fully saturated rings. The second kappa shape index (κ2) is 9.86. The van der Waals surface area contributed by atoms with Gasteiger partial charge in [-0.1, -0.05) is 20.8 Å². The summed E-state index contributed by atoms with van der Waals surface area (Å²) in [6.45, 7) is 14.8. The van der Waals surface area contributed by atoms with E-state index in [0.29, 0.717) is 12.5 Å². The minimum Gasteiger partial charge on any atom is -0.357 e. The van der Waals surface area contributed by atoms with E-state index in [1.54, 1.807) is 0 Å². The summed E-state index contributed by atoms with van der Waals surface area (Å²) in [5.41, 5.74) is 0. The van der Waals surface area contributed by atoms with E-state index in [4.69, 9.17) is 4.99 Å². The first-order valence-electron chi connectivity index (χ1n) is 10.2. The normalized spacial score (nSPS) is 15.5. The van der Waals surface area contributed by atoms with Crippen molar-refractivity contribution in [1.29, 1.82) is 0 Å². The van der Waals surface area contributed by atoms with Gasteiger partial charge in [0, 0.05) is 69.6 Å². The molecular weight excluding hydrogens is 372 g/mol. The average molecular weight is 405 g/mol. The number of hydrogen-bond acceptors (Lipinski definition) is 6. The molecule has 0 atom stereocenters. The highest BCUT2D eigenvalue weighted by molar-refractivity contribution is 7.09. The number of aromatic nitrogens is 4. The average Bonchev–Trinajstić information content (AvgIpc) is 3.34.